The van der Waals surface area contributed by atoms with Gasteiger partial charge < -0.3 is 9.47 Å². The Morgan fingerprint density at radius 2 is 1.96 bits per heavy atom. The van der Waals surface area contributed by atoms with Crippen molar-refractivity contribution in [2.24, 2.45) is 0 Å². The number of thiazole rings is 1. The topological polar surface area (TPSA) is 48.4 Å². The number of carbonyl (C=O) groups is 1. The zero-order valence-corrected chi connectivity index (χ0v) is 18.1. The molecule has 1 aromatic heterocycles. The summed E-state index contributed by atoms with van der Waals surface area (Å²) in [6.07, 6.45) is 1.85. The molecule has 28 heavy (non-hydrogen) atoms. The summed E-state index contributed by atoms with van der Waals surface area (Å²) in [5.74, 6) is 0.603. The summed E-state index contributed by atoms with van der Waals surface area (Å²) in [7, 11) is 0. The van der Waals surface area contributed by atoms with E-state index in [1.54, 1.807) is 11.3 Å². The second-order valence-electron chi connectivity index (χ2n) is 6.53. The van der Waals surface area contributed by atoms with Crippen LogP contribution >= 0.6 is 23.1 Å². The van der Waals surface area contributed by atoms with Crippen LogP contribution in [0.3, 0.4) is 0 Å². The first kappa shape index (κ1) is 20.7. The van der Waals surface area contributed by atoms with Gasteiger partial charge in [-0.25, -0.2) is 4.98 Å². The van der Waals surface area contributed by atoms with Crippen LogP contribution in [0, 0.1) is 0 Å². The van der Waals surface area contributed by atoms with Crippen LogP contribution in [0.15, 0.2) is 52.9 Å². The summed E-state index contributed by atoms with van der Waals surface area (Å²) in [6.45, 7) is 7.03. The van der Waals surface area contributed by atoms with Crippen molar-refractivity contribution in [3.05, 3.63) is 54.1 Å². The molecule has 148 valence electrons. The Kier molecular flexibility index (Phi) is 6.97. The van der Waals surface area contributed by atoms with Crippen molar-refractivity contribution in [2.45, 2.75) is 42.7 Å². The molecule has 1 unspecified atom stereocenters. The standard InChI is InChI=1S/C22H25NO3S2/c1-4-6-14-26-20(24)22(3,16-10-8-7-9-11-16)28-21-23-18-13-12-17(25-5-2)15-19(18)27-21/h7-13,15H,4-6,14H2,1-3H3. The van der Waals surface area contributed by atoms with Crippen molar-refractivity contribution >= 4 is 39.3 Å². The fraction of sp³-hybridized carbons (Fsp3) is 0.364. The van der Waals surface area contributed by atoms with Crippen LogP contribution in [0.4, 0.5) is 0 Å². The summed E-state index contributed by atoms with van der Waals surface area (Å²) in [5, 5.41) is 0. The monoisotopic (exact) mass is 415 g/mol. The quantitative estimate of drug-likeness (QED) is 0.242. The molecule has 0 saturated heterocycles. The van der Waals surface area contributed by atoms with Crippen LogP contribution in [-0.4, -0.2) is 24.2 Å². The number of rotatable bonds is 9. The van der Waals surface area contributed by atoms with Crippen LogP contribution in [0.2, 0.25) is 0 Å². The van der Waals surface area contributed by atoms with Crippen LogP contribution in [0.1, 0.15) is 39.2 Å². The van der Waals surface area contributed by atoms with E-state index in [2.05, 4.69) is 6.92 Å². The predicted molar refractivity (Wildman–Crippen MR) is 116 cm³/mol. The molecule has 0 amide bonds. The molecule has 4 nitrogen and oxygen atoms in total. The fourth-order valence-electron chi connectivity index (χ4n) is 2.78. The van der Waals surface area contributed by atoms with Crippen molar-refractivity contribution in [1.29, 1.82) is 0 Å². The average Bonchev–Trinajstić information content (AvgIpc) is 3.10. The summed E-state index contributed by atoms with van der Waals surface area (Å²) in [6, 6.07) is 15.7. The van der Waals surface area contributed by atoms with E-state index in [1.807, 2.05) is 62.4 Å². The number of nitrogens with zero attached hydrogens (tertiary/aromatic N) is 1. The van der Waals surface area contributed by atoms with Crippen molar-refractivity contribution in [2.75, 3.05) is 13.2 Å². The number of thioether (sulfide) groups is 1. The first-order chi connectivity index (χ1) is 13.6. The van der Waals surface area contributed by atoms with Crippen LogP contribution in [0.25, 0.3) is 10.2 Å². The number of aromatic nitrogens is 1. The molecule has 0 aliphatic heterocycles. The third kappa shape index (κ3) is 4.67. The zero-order valence-electron chi connectivity index (χ0n) is 16.4. The molecule has 3 rings (SSSR count). The first-order valence-corrected chi connectivity index (χ1v) is 11.1. The van der Waals surface area contributed by atoms with Gasteiger partial charge in [0.1, 0.15) is 10.5 Å². The molecule has 0 saturated carbocycles. The van der Waals surface area contributed by atoms with E-state index < -0.39 is 4.75 Å². The average molecular weight is 416 g/mol. The van der Waals surface area contributed by atoms with Gasteiger partial charge in [0.05, 0.1) is 23.4 Å². The Morgan fingerprint density at radius 1 is 1.18 bits per heavy atom. The Labute approximate surface area is 174 Å². The van der Waals surface area contributed by atoms with Crippen molar-refractivity contribution in [3.8, 4) is 5.75 Å². The van der Waals surface area contributed by atoms with Gasteiger partial charge in [-0.3, -0.25) is 4.79 Å². The maximum Gasteiger partial charge on any atom is 0.326 e. The Hall–Kier alpha value is -2.05. The van der Waals surface area contributed by atoms with Crippen molar-refractivity contribution in [1.82, 2.24) is 4.98 Å². The van der Waals surface area contributed by atoms with Crippen molar-refractivity contribution in [3.63, 3.8) is 0 Å². The molecule has 1 atom stereocenters. The summed E-state index contributed by atoms with van der Waals surface area (Å²) >= 11 is 3.02. The number of carbonyl (C=O) groups excluding carboxylic acids is 1. The molecule has 0 spiro atoms. The minimum atomic E-state index is -0.856. The van der Waals surface area contributed by atoms with Gasteiger partial charge in [-0.15, -0.1) is 11.3 Å². The van der Waals surface area contributed by atoms with E-state index in [0.29, 0.717) is 13.2 Å². The number of hydrogen-bond acceptors (Lipinski definition) is 6. The third-order valence-corrected chi connectivity index (χ3v) is 6.78. The lowest BCUT2D eigenvalue weighted by atomic mass is 10.0. The van der Waals surface area contributed by atoms with E-state index >= 15 is 0 Å². The predicted octanol–water partition coefficient (Wildman–Crippen LogP) is 6.05. The SMILES string of the molecule is CCCCOC(=O)C(C)(Sc1nc2ccc(OCC)cc2s1)c1ccccc1. The number of hydrogen-bond donors (Lipinski definition) is 0. The molecule has 2 aromatic carbocycles. The maximum atomic E-state index is 13.0. The van der Waals surface area contributed by atoms with E-state index in [1.165, 1.54) is 11.8 Å². The third-order valence-electron chi connectivity index (χ3n) is 4.39. The number of ether oxygens (including phenoxy) is 2. The number of fused-ring (bicyclic) bond motifs is 1. The Morgan fingerprint density at radius 3 is 2.68 bits per heavy atom. The zero-order chi connectivity index (χ0) is 20.0. The second kappa shape index (κ2) is 9.43. The number of benzene rings is 2. The van der Waals surface area contributed by atoms with Crippen LogP contribution in [-0.2, 0) is 14.3 Å². The molecule has 3 aromatic rings. The number of esters is 1. The normalized spacial score (nSPS) is 13.2. The lowest BCUT2D eigenvalue weighted by Gasteiger charge is -2.26. The lowest BCUT2D eigenvalue weighted by molar-refractivity contribution is -0.146. The lowest BCUT2D eigenvalue weighted by Crippen LogP contribution is -2.31. The largest absolute Gasteiger partial charge is 0.494 e. The van der Waals surface area contributed by atoms with Gasteiger partial charge in [0, 0.05) is 0 Å². The van der Waals surface area contributed by atoms with Crippen molar-refractivity contribution < 1.29 is 14.3 Å². The summed E-state index contributed by atoms with van der Waals surface area (Å²) in [5.41, 5.74) is 1.82. The Balaban J connectivity index is 1.90. The summed E-state index contributed by atoms with van der Waals surface area (Å²) < 4.78 is 12.2. The minimum Gasteiger partial charge on any atom is -0.494 e. The minimum absolute atomic E-state index is 0.230. The van der Waals surface area contributed by atoms with Gasteiger partial charge in [-0.05, 0) is 44.0 Å². The smallest absolute Gasteiger partial charge is 0.326 e. The molecule has 0 aliphatic rings. The molecule has 0 bridgehead atoms. The molecular weight excluding hydrogens is 390 g/mol. The highest BCUT2D eigenvalue weighted by Crippen LogP contribution is 2.45. The highest BCUT2D eigenvalue weighted by Gasteiger charge is 2.39. The summed E-state index contributed by atoms with van der Waals surface area (Å²) in [4.78, 5) is 17.7. The number of unbranched alkanes of at least 4 members (excludes halogenated alkanes) is 1. The highest BCUT2D eigenvalue weighted by molar-refractivity contribution is 8.02. The highest BCUT2D eigenvalue weighted by atomic mass is 32.2. The second-order valence-corrected chi connectivity index (χ2v) is 9.23. The maximum absolute atomic E-state index is 13.0. The molecule has 0 N–H and O–H groups in total. The molecule has 0 aliphatic carbocycles. The van der Waals surface area contributed by atoms with Gasteiger partial charge in [-0.1, -0.05) is 55.4 Å². The molecule has 1 heterocycles. The molecule has 0 radical (unpaired) electrons. The molecular formula is C22H25NO3S2. The van der Waals surface area contributed by atoms with E-state index in [-0.39, 0.29) is 5.97 Å². The van der Waals surface area contributed by atoms with Gasteiger partial charge in [0.25, 0.3) is 0 Å². The van der Waals surface area contributed by atoms with Gasteiger partial charge >= 0.3 is 5.97 Å². The van der Waals surface area contributed by atoms with E-state index in [4.69, 9.17) is 14.5 Å². The van der Waals surface area contributed by atoms with Crippen LogP contribution < -0.4 is 4.74 Å². The molecule has 6 heteroatoms. The fourth-order valence-corrected chi connectivity index (χ4v) is 5.33. The van der Waals surface area contributed by atoms with Gasteiger partial charge in [0.15, 0.2) is 4.34 Å². The first-order valence-electron chi connectivity index (χ1n) is 9.52. The van der Waals surface area contributed by atoms with Crippen LogP contribution in [0.5, 0.6) is 5.75 Å². The van der Waals surface area contributed by atoms with Gasteiger partial charge in [0.2, 0.25) is 0 Å². The van der Waals surface area contributed by atoms with E-state index in [0.717, 1.165) is 38.7 Å². The Bertz CT molecular complexity index is 926. The van der Waals surface area contributed by atoms with E-state index in [9.17, 15) is 4.79 Å². The van der Waals surface area contributed by atoms with Gasteiger partial charge in [-0.2, -0.15) is 0 Å². The molecule has 0 fully saturated rings.